The molecule has 1 aliphatic rings. The summed E-state index contributed by atoms with van der Waals surface area (Å²) in [4.78, 5) is 12.8. The number of tetrazole rings is 1. The third-order valence-corrected chi connectivity index (χ3v) is 4.28. The summed E-state index contributed by atoms with van der Waals surface area (Å²) in [5.74, 6) is 1.08. The van der Waals surface area contributed by atoms with Gasteiger partial charge in [-0.1, -0.05) is 17.7 Å². The molecule has 132 valence electrons. The Morgan fingerprint density at radius 1 is 1.23 bits per heavy atom. The van der Waals surface area contributed by atoms with Crippen molar-refractivity contribution in [3.05, 3.63) is 58.9 Å². The van der Waals surface area contributed by atoms with Gasteiger partial charge in [-0.05, 0) is 53.2 Å². The third kappa shape index (κ3) is 3.06. The highest BCUT2D eigenvalue weighted by Crippen LogP contribution is 2.34. The lowest BCUT2D eigenvalue weighted by molar-refractivity contribution is 0.0939. The molecule has 8 nitrogen and oxygen atoms in total. The van der Waals surface area contributed by atoms with Gasteiger partial charge in [0.2, 0.25) is 6.79 Å². The largest absolute Gasteiger partial charge is 0.454 e. The van der Waals surface area contributed by atoms with Gasteiger partial charge in [0.05, 0.1) is 17.3 Å². The molecule has 1 N–H and O–H groups in total. The van der Waals surface area contributed by atoms with E-state index in [1.807, 2.05) is 25.1 Å². The quantitative estimate of drug-likeness (QED) is 0.757. The van der Waals surface area contributed by atoms with Crippen molar-refractivity contribution in [2.24, 2.45) is 0 Å². The van der Waals surface area contributed by atoms with Gasteiger partial charge in [-0.3, -0.25) is 4.79 Å². The number of hydrogen-bond acceptors (Lipinski definition) is 6. The molecule has 0 saturated carbocycles. The van der Waals surface area contributed by atoms with Gasteiger partial charge in [-0.15, -0.1) is 5.10 Å². The van der Waals surface area contributed by atoms with E-state index in [9.17, 15) is 4.79 Å². The van der Waals surface area contributed by atoms with Gasteiger partial charge in [0.15, 0.2) is 11.5 Å². The Balaban J connectivity index is 1.59. The van der Waals surface area contributed by atoms with E-state index in [2.05, 4.69) is 20.8 Å². The lowest BCUT2D eigenvalue weighted by Crippen LogP contribution is -2.27. The minimum absolute atomic E-state index is 0.206. The van der Waals surface area contributed by atoms with Gasteiger partial charge in [-0.25, -0.2) is 0 Å². The molecule has 1 amide bonds. The van der Waals surface area contributed by atoms with Crippen molar-refractivity contribution in [1.82, 2.24) is 25.5 Å². The lowest BCUT2D eigenvalue weighted by atomic mass is 10.1. The molecule has 1 atom stereocenters. The molecule has 1 aliphatic heterocycles. The summed E-state index contributed by atoms with van der Waals surface area (Å²) in [7, 11) is 0. The maximum atomic E-state index is 12.8. The van der Waals surface area contributed by atoms with Gasteiger partial charge in [0.1, 0.15) is 6.33 Å². The number of benzene rings is 2. The van der Waals surface area contributed by atoms with Crippen molar-refractivity contribution in [1.29, 1.82) is 0 Å². The first-order chi connectivity index (χ1) is 12.6. The van der Waals surface area contributed by atoms with Crippen molar-refractivity contribution in [2.45, 2.75) is 13.0 Å². The minimum atomic E-state index is -0.289. The second-order valence-corrected chi connectivity index (χ2v) is 6.16. The predicted octanol–water partition coefficient (Wildman–Crippen LogP) is 2.54. The number of nitrogens with zero attached hydrogens (tertiary/aromatic N) is 4. The number of nitrogens with one attached hydrogen (secondary N) is 1. The zero-order valence-corrected chi connectivity index (χ0v) is 14.5. The van der Waals surface area contributed by atoms with Gasteiger partial charge in [0.25, 0.3) is 5.91 Å². The Hall–Kier alpha value is -3.13. The Labute approximate surface area is 153 Å². The Morgan fingerprint density at radius 2 is 2.08 bits per heavy atom. The number of hydrogen-bond donors (Lipinski definition) is 1. The summed E-state index contributed by atoms with van der Waals surface area (Å²) < 4.78 is 12.1. The van der Waals surface area contributed by atoms with E-state index < -0.39 is 0 Å². The predicted molar refractivity (Wildman–Crippen MR) is 92.6 cm³/mol. The maximum Gasteiger partial charge on any atom is 0.254 e. The average Bonchev–Trinajstić information content (AvgIpc) is 3.32. The van der Waals surface area contributed by atoms with Crippen LogP contribution in [0.1, 0.15) is 28.9 Å². The molecule has 0 fully saturated rings. The highest BCUT2D eigenvalue weighted by Gasteiger charge is 2.20. The molecule has 0 spiro atoms. The number of halogens is 1. The number of amides is 1. The molecule has 0 saturated heterocycles. The van der Waals surface area contributed by atoms with Gasteiger partial charge < -0.3 is 14.8 Å². The minimum Gasteiger partial charge on any atom is -0.454 e. The highest BCUT2D eigenvalue weighted by molar-refractivity contribution is 6.31. The molecule has 1 aromatic heterocycles. The Bertz CT molecular complexity index is 961. The van der Waals surface area contributed by atoms with Crippen LogP contribution in [0.25, 0.3) is 5.69 Å². The number of aromatic nitrogens is 4. The van der Waals surface area contributed by atoms with Crippen LogP contribution in [-0.2, 0) is 0 Å². The molecule has 3 aromatic rings. The smallest absolute Gasteiger partial charge is 0.254 e. The first kappa shape index (κ1) is 16.3. The summed E-state index contributed by atoms with van der Waals surface area (Å²) >= 11 is 6.07. The zero-order chi connectivity index (χ0) is 18.1. The molecule has 2 aromatic carbocycles. The van der Waals surface area contributed by atoms with Crippen LogP contribution >= 0.6 is 11.6 Å². The van der Waals surface area contributed by atoms with Crippen LogP contribution in [0.2, 0.25) is 5.02 Å². The summed E-state index contributed by atoms with van der Waals surface area (Å²) in [6, 6.07) is 10.3. The van der Waals surface area contributed by atoms with Crippen molar-refractivity contribution < 1.29 is 14.3 Å². The van der Waals surface area contributed by atoms with Gasteiger partial charge in [-0.2, -0.15) is 4.68 Å². The molecule has 4 rings (SSSR count). The Morgan fingerprint density at radius 3 is 2.88 bits per heavy atom. The molecule has 1 unspecified atom stereocenters. The SMILES string of the molecule is CC(NC(=O)c1cc(Cl)ccc1-n1cnnn1)c1ccc2c(c1)OCO2. The van der Waals surface area contributed by atoms with E-state index in [1.165, 1.54) is 11.0 Å². The fourth-order valence-corrected chi connectivity index (χ4v) is 2.87. The van der Waals surface area contributed by atoms with E-state index in [4.69, 9.17) is 21.1 Å². The van der Waals surface area contributed by atoms with Crippen molar-refractivity contribution in [3.8, 4) is 17.2 Å². The number of carbonyl (C=O) groups is 1. The van der Waals surface area contributed by atoms with E-state index in [-0.39, 0.29) is 18.7 Å². The Kier molecular flexibility index (Phi) is 4.18. The van der Waals surface area contributed by atoms with Crippen LogP contribution < -0.4 is 14.8 Å². The molecular weight excluding hydrogens is 358 g/mol. The van der Waals surface area contributed by atoms with Crippen LogP contribution in [0.3, 0.4) is 0 Å². The zero-order valence-electron chi connectivity index (χ0n) is 13.7. The number of ether oxygens (including phenoxy) is 2. The van der Waals surface area contributed by atoms with Crippen molar-refractivity contribution in [2.75, 3.05) is 6.79 Å². The first-order valence-electron chi connectivity index (χ1n) is 7.85. The van der Waals surface area contributed by atoms with Gasteiger partial charge >= 0.3 is 0 Å². The fraction of sp³-hybridized carbons (Fsp3) is 0.176. The van der Waals surface area contributed by atoms with Crippen LogP contribution in [0, 0.1) is 0 Å². The number of carbonyl (C=O) groups excluding carboxylic acids is 1. The monoisotopic (exact) mass is 371 g/mol. The maximum absolute atomic E-state index is 12.8. The molecule has 26 heavy (non-hydrogen) atoms. The second-order valence-electron chi connectivity index (χ2n) is 5.72. The molecule has 0 radical (unpaired) electrons. The first-order valence-corrected chi connectivity index (χ1v) is 8.23. The van der Waals surface area contributed by atoms with Crippen LogP contribution in [0.15, 0.2) is 42.7 Å². The van der Waals surface area contributed by atoms with E-state index >= 15 is 0 Å². The van der Waals surface area contributed by atoms with Crippen LogP contribution in [0.4, 0.5) is 0 Å². The molecule has 2 heterocycles. The van der Waals surface area contributed by atoms with E-state index in [0.717, 1.165) is 5.56 Å². The van der Waals surface area contributed by atoms with Crippen molar-refractivity contribution >= 4 is 17.5 Å². The summed E-state index contributed by atoms with van der Waals surface area (Å²) in [5, 5.41) is 14.5. The summed E-state index contributed by atoms with van der Waals surface area (Å²) in [6.07, 6.45) is 1.42. The third-order valence-electron chi connectivity index (χ3n) is 4.04. The second kappa shape index (κ2) is 6.64. The summed E-state index contributed by atoms with van der Waals surface area (Å²) in [6.45, 7) is 2.09. The average molecular weight is 372 g/mol. The number of fused-ring (bicyclic) bond motifs is 1. The standard InChI is InChI=1S/C17H14ClN5O3/c1-10(11-2-5-15-16(6-11)26-9-25-15)20-17(24)13-7-12(18)3-4-14(13)23-8-19-21-22-23/h2-8,10H,9H2,1H3,(H,20,24). The van der Waals surface area contributed by atoms with Gasteiger partial charge in [0, 0.05) is 5.02 Å². The summed E-state index contributed by atoms with van der Waals surface area (Å²) in [5.41, 5.74) is 1.81. The van der Waals surface area contributed by atoms with E-state index in [1.54, 1.807) is 18.2 Å². The number of rotatable bonds is 4. The molecular formula is C17H14ClN5O3. The van der Waals surface area contributed by atoms with Crippen LogP contribution in [-0.4, -0.2) is 32.9 Å². The molecule has 9 heteroatoms. The van der Waals surface area contributed by atoms with E-state index in [0.29, 0.717) is 27.8 Å². The van der Waals surface area contributed by atoms with Crippen molar-refractivity contribution in [3.63, 3.8) is 0 Å². The molecule has 0 aliphatic carbocycles. The molecule has 0 bridgehead atoms. The topological polar surface area (TPSA) is 91.2 Å². The van der Waals surface area contributed by atoms with Crippen LogP contribution in [0.5, 0.6) is 11.5 Å². The normalized spacial score (nSPS) is 13.5. The lowest BCUT2D eigenvalue weighted by Gasteiger charge is -2.16. The fourth-order valence-electron chi connectivity index (χ4n) is 2.70. The highest BCUT2D eigenvalue weighted by atomic mass is 35.5.